The SMILES string of the molecule is C[C@H]1C[C@](C)(O)CN1. The highest BCUT2D eigenvalue weighted by molar-refractivity contribution is 4.87. The molecule has 0 amide bonds. The van der Waals surface area contributed by atoms with Gasteiger partial charge in [0.2, 0.25) is 0 Å². The molecule has 2 nitrogen and oxygen atoms in total. The highest BCUT2D eigenvalue weighted by Crippen LogP contribution is 2.16. The molecule has 2 atom stereocenters. The second-order valence-electron chi connectivity index (χ2n) is 2.98. The maximum absolute atomic E-state index is 9.30. The molecular weight excluding hydrogens is 102 g/mol. The lowest BCUT2D eigenvalue weighted by Gasteiger charge is -2.12. The van der Waals surface area contributed by atoms with E-state index in [0.29, 0.717) is 6.04 Å². The van der Waals surface area contributed by atoms with Crippen molar-refractivity contribution < 1.29 is 5.11 Å². The third-order valence-corrected chi connectivity index (χ3v) is 1.58. The molecule has 2 N–H and O–H groups in total. The Balaban J connectivity index is 2.44. The first kappa shape index (κ1) is 6.05. The van der Waals surface area contributed by atoms with Crippen LogP contribution in [0, 0.1) is 0 Å². The summed E-state index contributed by atoms with van der Waals surface area (Å²) in [7, 11) is 0. The van der Waals surface area contributed by atoms with Crippen molar-refractivity contribution in [3.05, 3.63) is 0 Å². The third kappa shape index (κ3) is 1.20. The summed E-state index contributed by atoms with van der Waals surface area (Å²) in [5, 5.41) is 12.5. The van der Waals surface area contributed by atoms with Crippen molar-refractivity contribution in [3.8, 4) is 0 Å². The summed E-state index contributed by atoms with van der Waals surface area (Å²) in [6.45, 7) is 4.69. The first-order chi connectivity index (χ1) is 3.60. The van der Waals surface area contributed by atoms with Gasteiger partial charge in [-0.1, -0.05) is 0 Å². The molecular formula is C6H13NO. The first-order valence-corrected chi connectivity index (χ1v) is 3.06. The Labute approximate surface area is 49.9 Å². The molecule has 0 aromatic carbocycles. The average Bonchev–Trinajstić information content (AvgIpc) is 1.82. The fourth-order valence-electron chi connectivity index (χ4n) is 1.20. The van der Waals surface area contributed by atoms with Crippen molar-refractivity contribution in [1.82, 2.24) is 5.32 Å². The van der Waals surface area contributed by atoms with Gasteiger partial charge in [0.15, 0.2) is 0 Å². The molecule has 1 saturated heterocycles. The molecule has 1 heterocycles. The number of aliphatic hydroxyl groups is 1. The van der Waals surface area contributed by atoms with Crippen LogP contribution in [0.4, 0.5) is 0 Å². The second-order valence-corrected chi connectivity index (χ2v) is 2.98. The van der Waals surface area contributed by atoms with Gasteiger partial charge in [0.1, 0.15) is 0 Å². The second kappa shape index (κ2) is 1.71. The summed E-state index contributed by atoms with van der Waals surface area (Å²) >= 11 is 0. The van der Waals surface area contributed by atoms with Gasteiger partial charge in [-0.2, -0.15) is 0 Å². The number of β-amino-alcohol motifs (C(OH)–C–C–N with tert-alkyl or cyclic N) is 1. The number of hydrogen-bond donors (Lipinski definition) is 2. The molecule has 0 aliphatic carbocycles. The number of rotatable bonds is 0. The van der Waals surface area contributed by atoms with E-state index in [4.69, 9.17) is 0 Å². The zero-order valence-corrected chi connectivity index (χ0v) is 5.44. The molecule has 0 unspecified atom stereocenters. The zero-order chi connectivity index (χ0) is 6.20. The van der Waals surface area contributed by atoms with Gasteiger partial charge in [-0.15, -0.1) is 0 Å². The van der Waals surface area contributed by atoms with Gasteiger partial charge in [-0.25, -0.2) is 0 Å². The lowest BCUT2D eigenvalue weighted by atomic mass is 10.0. The normalized spacial score (nSPS) is 47.6. The minimum absolute atomic E-state index is 0.445. The molecule has 8 heavy (non-hydrogen) atoms. The monoisotopic (exact) mass is 115 g/mol. The van der Waals surface area contributed by atoms with E-state index >= 15 is 0 Å². The predicted molar refractivity (Wildman–Crippen MR) is 32.7 cm³/mol. The molecule has 0 saturated carbocycles. The molecule has 0 bridgehead atoms. The highest BCUT2D eigenvalue weighted by atomic mass is 16.3. The first-order valence-electron chi connectivity index (χ1n) is 3.06. The summed E-state index contributed by atoms with van der Waals surface area (Å²) in [5.41, 5.74) is -0.445. The van der Waals surface area contributed by atoms with Gasteiger partial charge in [0.25, 0.3) is 0 Å². The maximum Gasteiger partial charge on any atom is 0.0758 e. The van der Waals surface area contributed by atoms with Crippen molar-refractivity contribution in [2.24, 2.45) is 0 Å². The van der Waals surface area contributed by atoms with Crippen LogP contribution in [0.1, 0.15) is 20.3 Å². The largest absolute Gasteiger partial charge is 0.389 e. The summed E-state index contributed by atoms with van der Waals surface area (Å²) in [4.78, 5) is 0. The van der Waals surface area contributed by atoms with Crippen LogP contribution in [0.25, 0.3) is 0 Å². The quantitative estimate of drug-likeness (QED) is 0.470. The molecule has 2 heteroatoms. The smallest absolute Gasteiger partial charge is 0.0758 e. The van der Waals surface area contributed by atoms with Gasteiger partial charge < -0.3 is 10.4 Å². The molecule has 1 rings (SSSR count). The lowest BCUT2D eigenvalue weighted by Crippen LogP contribution is -2.26. The van der Waals surface area contributed by atoms with E-state index in [-0.39, 0.29) is 0 Å². The number of nitrogens with one attached hydrogen (secondary N) is 1. The third-order valence-electron chi connectivity index (χ3n) is 1.58. The van der Waals surface area contributed by atoms with Crippen LogP contribution in [0.5, 0.6) is 0 Å². The van der Waals surface area contributed by atoms with Crippen LogP contribution < -0.4 is 5.32 Å². The topological polar surface area (TPSA) is 32.3 Å². The Morgan fingerprint density at radius 3 is 2.50 bits per heavy atom. The fraction of sp³-hybridized carbons (Fsp3) is 1.00. The van der Waals surface area contributed by atoms with Gasteiger partial charge in [0.05, 0.1) is 5.60 Å². The van der Waals surface area contributed by atoms with E-state index in [2.05, 4.69) is 12.2 Å². The Kier molecular flexibility index (Phi) is 1.29. The van der Waals surface area contributed by atoms with Crippen molar-refractivity contribution in [2.75, 3.05) is 6.54 Å². The Morgan fingerprint density at radius 1 is 1.75 bits per heavy atom. The van der Waals surface area contributed by atoms with E-state index in [1.807, 2.05) is 6.92 Å². The summed E-state index contributed by atoms with van der Waals surface area (Å²) in [6.07, 6.45) is 0.882. The van der Waals surface area contributed by atoms with Gasteiger partial charge in [0, 0.05) is 12.6 Å². The van der Waals surface area contributed by atoms with Crippen LogP contribution in [-0.4, -0.2) is 23.3 Å². The van der Waals surface area contributed by atoms with Crippen LogP contribution in [0.2, 0.25) is 0 Å². The molecule has 0 spiro atoms. The van der Waals surface area contributed by atoms with Crippen molar-refractivity contribution in [2.45, 2.75) is 31.9 Å². The molecule has 1 aliphatic heterocycles. The van der Waals surface area contributed by atoms with E-state index < -0.39 is 5.60 Å². The van der Waals surface area contributed by atoms with Crippen molar-refractivity contribution >= 4 is 0 Å². The molecule has 0 radical (unpaired) electrons. The van der Waals surface area contributed by atoms with Crippen LogP contribution in [0.15, 0.2) is 0 Å². The average molecular weight is 115 g/mol. The van der Waals surface area contributed by atoms with E-state index in [9.17, 15) is 5.11 Å². The van der Waals surface area contributed by atoms with E-state index in [1.165, 1.54) is 0 Å². The Morgan fingerprint density at radius 2 is 2.38 bits per heavy atom. The van der Waals surface area contributed by atoms with Gasteiger partial charge in [-0.05, 0) is 20.3 Å². The molecule has 0 aromatic heterocycles. The highest BCUT2D eigenvalue weighted by Gasteiger charge is 2.29. The van der Waals surface area contributed by atoms with E-state index in [1.54, 1.807) is 0 Å². The predicted octanol–water partition coefficient (Wildman–Crippen LogP) is 0.119. The Hall–Kier alpha value is -0.0800. The van der Waals surface area contributed by atoms with E-state index in [0.717, 1.165) is 13.0 Å². The van der Waals surface area contributed by atoms with Gasteiger partial charge >= 0.3 is 0 Å². The summed E-state index contributed by atoms with van der Waals surface area (Å²) in [6, 6.07) is 0.491. The van der Waals surface area contributed by atoms with Crippen molar-refractivity contribution in [3.63, 3.8) is 0 Å². The lowest BCUT2D eigenvalue weighted by molar-refractivity contribution is 0.0798. The maximum atomic E-state index is 9.30. The molecule has 1 aliphatic rings. The van der Waals surface area contributed by atoms with Crippen molar-refractivity contribution in [1.29, 1.82) is 0 Å². The minimum Gasteiger partial charge on any atom is -0.389 e. The fourth-order valence-corrected chi connectivity index (χ4v) is 1.20. The van der Waals surface area contributed by atoms with Crippen LogP contribution in [0.3, 0.4) is 0 Å². The number of hydrogen-bond acceptors (Lipinski definition) is 2. The minimum atomic E-state index is -0.445. The molecule has 48 valence electrons. The Bertz CT molecular complexity index is 90.5. The summed E-state index contributed by atoms with van der Waals surface area (Å²) < 4.78 is 0. The van der Waals surface area contributed by atoms with Gasteiger partial charge in [-0.3, -0.25) is 0 Å². The molecule has 0 aromatic rings. The summed E-state index contributed by atoms with van der Waals surface area (Å²) in [5.74, 6) is 0. The van der Waals surface area contributed by atoms with Crippen LogP contribution in [-0.2, 0) is 0 Å². The van der Waals surface area contributed by atoms with Crippen LogP contribution >= 0.6 is 0 Å². The molecule has 1 fully saturated rings. The standard InChI is InChI=1S/C6H13NO/c1-5-3-6(2,8)4-7-5/h5,7-8H,3-4H2,1-2H3/t5-,6-/m0/s1. The zero-order valence-electron chi connectivity index (χ0n) is 5.44.